The number of hydrogen-bond donors (Lipinski definition) is 2. The zero-order valence-corrected chi connectivity index (χ0v) is 17.6. The van der Waals surface area contributed by atoms with Crippen LogP contribution < -0.4 is 5.32 Å². The molecule has 0 saturated carbocycles. The average Bonchev–Trinajstić information content (AvgIpc) is 3.48. The Balaban J connectivity index is 1.37. The number of anilines is 1. The molecule has 0 aliphatic heterocycles. The van der Waals surface area contributed by atoms with Crippen molar-refractivity contribution in [1.82, 2.24) is 19.5 Å². The Morgan fingerprint density at radius 1 is 0.939 bits per heavy atom. The lowest BCUT2D eigenvalue weighted by Crippen LogP contribution is -2.12. The zero-order valence-electron chi connectivity index (χ0n) is 17.6. The summed E-state index contributed by atoms with van der Waals surface area (Å²) in [5, 5.41) is 17.8. The van der Waals surface area contributed by atoms with Crippen LogP contribution in [-0.4, -0.2) is 36.4 Å². The van der Waals surface area contributed by atoms with Gasteiger partial charge in [0.2, 0.25) is 0 Å². The molecule has 162 valence electrons. The van der Waals surface area contributed by atoms with Crippen LogP contribution in [0.15, 0.2) is 85.2 Å². The number of carbonyl (C=O) groups excluding carboxylic acids is 2. The van der Waals surface area contributed by atoms with Gasteiger partial charge in [-0.05, 0) is 67.6 Å². The molecule has 0 aliphatic rings. The van der Waals surface area contributed by atoms with Gasteiger partial charge in [0, 0.05) is 34.8 Å². The van der Waals surface area contributed by atoms with E-state index in [0.29, 0.717) is 39.2 Å². The molecule has 2 N–H and O–H groups in total. The molecule has 0 atom stereocenters. The van der Waals surface area contributed by atoms with Gasteiger partial charge in [0.05, 0.1) is 11.2 Å². The predicted molar refractivity (Wildman–Crippen MR) is 124 cm³/mol. The van der Waals surface area contributed by atoms with E-state index in [-0.39, 0.29) is 11.7 Å². The minimum Gasteiger partial charge on any atom is -0.426 e. The fourth-order valence-corrected chi connectivity index (χ4v) is 3.56. The summed E-state index contributed by atoms with van der Waals surface area (Å²) in [6, 6.07) is 20.9. The Hall–Kier alpha value is -4.72. The number of imidazole rings is 1. The van der Waals surface area contributed by atoms with Crippen LogP contribution in [0.4, 0.5) is 5.69 Å². The monoisotopic (exact) mass is 437 g/mol. The second-order valence-corrected chi connectivity index (χ2v) is 7.54. The lowest BCUT2D eigenvalue weighted by molar-refractivity contribution is 0.101. The number of nitrogens with one attached hydrogen (secondary N) is 1. The molecular formula is C25H19N5O3. The molecule has 0 unspecified atom stereocenters. The van der Waals surface area contributed by atoms with Gasteiger partial charge in [-0.1, -0.05) is 12.1 Å². The molecule has 1 amide bonds. The van der Waals surface area contributed by atoms with Crippen LogP contribution in [0.2, 0.25) is 0 Å². The van der Waals surface area contributed by atoms with E-state index in [1.807, 2.05) is 30.5 Å². The van der Waals surface area contributed by atoms with Crippen LogP contribution in [0.1, 0.15) is 27.6 Å². The smallest absolute Gasteiger partial charge is 0.255 e. The first-order chi connectivity index (χ1) is 16.0. The van der Waals surface area contributed by atoms with Crippen LogP contribution in [0.25, 0.3) is 28.1 Å². The van der Waals surface area contributed by atoms with E-state index in [9.17, 15) is 14.8 Å². The van der Waals surface area contributed by atoms with Crippen LogP contribution in [0.3, 0.4) is 0 Å². The van der Waals surface area contributed by atoms with Gasteiger partial charge in [-0.15, -0.1) is 0 Å². The number of Topliss-reactive ketones (excluding diaryl/α,β-unsaturated/α-hetero) is 1. The Morgan fingerprint density at radius 2 is 1.67 bits per heavy atom. The molecular weight excluding hydrogens is 418 g/mol. The van der Waals surface area contributed by atoms with Gasteiger partial charge < -0.3 is 10.5 Å². The van der Waals surface area contributed by atoms with E-state index in [4.69, 9.17) is 0 Å². The summed E-state index contributed by atoms with van der Waals surface area (Å²) >= 11 is 0. The number of benzene rings is 3. The first-order valence-corrected chi connectivity index (χ1v) is 10.2. The molecule has 33 heavy (non-hydrogen) atoms. The zero-order chi connectivity index (χ0) is 22.9. The van der Waals surface area contributed by atoms with Crippen molar-refractivity contribution < 1.29 is 14.8 Å². The molecule has 0 radical (unpaired) electrons. The molecule has 2 heterocycles. The summed E-state index contributed by atoms with van der Waals surface area (Å²) in [5.74, 6) is 0.0591. The topological polar surface area (TPSA) is 102 Å². The molecule has 3 aromatic carbocycles. The predicted octanol–water partition coefficient (Wildman–Crippen LogP) is 4.58. The van der Waals surface area contributed by atoms with Gasteiger partial charge in [-0.2, -0.15) is 9.83 Å². The minimum atomic E-state index is -0.279. The second-order valence-electron chi connectivity index (χ2n) is 7.54. The molecule has 8 nitrogen and oxygen atoms in total. The summed E-state index contributed by atoms with van der Waals surface area (Å²) in [4.78, 5) is 28.4. The summed E-state index contributed by atoms with van der Waals surface area (Å²) in [5.41, 5.74) is 4.32. The second kappa shape index (κ2) is 8.08. The highest BCUT2D eigenvalue weighted by Gasteiger charge is 2.14. The molecule has 0 saturated heterocycles. The standard InChI is InChI=1S/C25H19N5O3/c1-16(31)17-3-5-19(6-4-17)25(32)27-20-9-7-18(8-10-20)24-28-22-12-11-21(15-23(22)30(24)33)29-14-2-13-26-29/h2-15,33H,1H3,(H,27,32). The van der Waals surface area contributed by atoms with Crippen LogP contribution in [0, 0.1) is 0 Å². The van der Waals surface area contributed by atoms with Crippen molar-refractivity contribution in [3.8, 4) is 17.1 Å². The van der Waals surface area contributed by atoms with Crippen molar-refractivity contribution in [2.24, 2.45) is 0 Å². The van der Waals surface area contributed by atoms with Gasteiger partial charge in [-0.25, -0.2) is 9.67 Å². The highest BCUT2D eigenvalue weighted by atomic mass is 16.5. The number of nitrogens with zero attached hydrogens (tertiary/aromatic N) is 4. The normalized spacial score (nSPS) is 10.9. The Labute approximate surface area is 188 Å². The van der Waals surface area contributed by atoms with Crippen LogP contribution in [0.5, 0.6) is 0 Å². The summed E-state index contributed by atoms with van der Waals surface area (Å²) in [6.45, 7) is 1.48. The minimum absolute atomic E-state index is 0.0509. The van der Waals surface area contributed by atoms with E-state index in [0.717, 1.165) is 10.4 Å². The van der Waals surface area contributed by atoms with Crippen molar-refractivity contribution in [2.45, 2.75) is 6.92 Å². The maximum Gasteiger partial charge on any atom is 0.255 e. The van der Waals surface area contributed by atoms with E-state index in [1.165, 1.54) is 6.92 Å². The number of hydrogen-bond acceptors (Lipinski definition) is 5. The van der Waals surface area contributed by atoms with Crippen LogP contribution >= 0.6 is 0 Å². The van der Waals surface area contributed by atoms with E-state index in [1.54, 1.807) is 59.4 Å². The highest BCUT2D eigenvalue weighted by Crippen LogP contribution is 2.26. The maximum absolute atomic E-state index is 12.5. The van der Waals surface area contributed by atoms with Gasteiger partial charge in [-0.3, -0.25) is 9.59 Å². The summed E-state index contributed by atoms with van der Waals surface area (Å²) in [7, 11) is 0. The average molecular weight is 437 g/mol. The van der Waals surface area contributed by atoms with Crippen molar-refractivity contribution in [3.05, 3.63) is 96.3 Å². The third-order valence-corrected chi connectivity index (χ3v) is 5.34. The lowest BCUT2D eigenvalue weighted by Gasteiger charge is -2.07. The number of aromatic nitrogens is 4. The van der Waals surface area contributed by atoms with Gasteiger partial charge in [0.15, 0.2) is 11.6 Å². The van der Waals surface area contributed by atoms with Crippen LogP contribution in [-0.2, 0) is 0 Å². The SMILES string of the molecule is CC(=O)c1ccc(C(=O)Nc2ccc(-c3nc4ccc(-n5cccn5)cc4n3O)cc2)cc1. The van der Waals surface area contributed by atoms with Crippen molar-refractivity contribution in [1.29, 1.82) is 0 Å². The molecule has 0 spiro atoms. The van der Waals surface area contributed by atoms with Crippen molar-refractivity contribution >= 4 is 28.4 Å². The fourth-order valence-electron chi connectivity index (χ4n) is 3.56. The highest BCUT2D eigenvalue weighted by molar-refractivity contribution is 6.05. The Bertz CT molecular complexity index is 1470. The van der Waals surface area contributed by atoms with Gasteiger partial charge >= 0.3 is 0 Å². The van der Waals surface area contributed by atoms with E-state index in [2.05, 4.69) is 15.4 Å². The van der Waals surface area contributed by atoms with Gasteiger partial charge in [0.25, 0.3) is 5.91 Å². The first kappa shape index (κ1) is 20.2. The number of ketones is 1. The fraction of sp³-hybridized carbons (Fsp3) is 0.0400. The Morgan fingerprint density at radius 3 is 2.33 bits per heavy atom. The quantitative estimate of drug-likeness (QED) is 0.310. The third-order valence-electron chi connectivity index (χ3n) is 5.34. The largest absolute Gasteiger partial charge is 0.426 e. The third kappa shape index (κ3) is 3.85. The molecule has 0 bridgehead atoms. The molecule has 0 fully saturated rings. The number of carbonyl (C=O) groups is 2. The lowest BCUT2D eigenvalue weighted by atomic mass is 10.1. The number of amides is 1. The maximum atomic E-state index is 12.5. The summed E-state index contributed by atoms with van der Waals surface area (Å²) in [6.07, 6.45) is 3.51. The number of fused-ring (bicyclic) bond motifs is 1. The molecule has 5 rings (SSSR count). The molecule has 5 aromatic rings. The first-order valence-electron chi connectivity index (χ1n) is 10.2. The van der Waals surface area contributed by atoms with E-state index < -0.39 is 0 Å². The van der Waals surface area contributed by atoms with E-state index >= 15 is 0 Å². The molecule has 8 heteroatoms. The van der Waals surface area contributed by atoms with Gasteiger partial charge in [0.1, 0.15) is 5.52 Å². The van der Waals surface area contributed by atoms with Crippen molar-refractivity contribution in [3.63, 3.8) is 0 Å². The van der Waals surface area contributed by atoms with Crippen molar-refractivity contribution in [2.75, 3.05) is 5.32 Å². The Kier molecular flexibility index (Phi) is 4.95. The summed E-state index contributed by atoms with van der Waals surface area (Å²) < 4.78 is 2.75. The number of rotatable bonds is 5. The molecule has 0 aliphatic carbocycles. The molecule has 2 aromatic heterocycles.